The minimum atomic E-state index is 0.607. The maximum Gasteiger partial charge on any atom is 0.145 e. The molecule has 0 saturated heterocycles. The Morgan fingerprint density at radius 2 is 1.80 bits per heavy atom. The number of nitrogens with one attached hydrogen (secondary N) is 1. The molecule has 0 aliphatic rings. The largest absolute Gasteiger partial charge is 0.456 e. The predicted octanol–water partition coefficient (Wildman–Crippen LogP) is 2.16. The molecule has 0 atom stereocenters. The smallest absolute Gasteiger partial charge is 0.145 e. The van der Waals surface area contributed by atoms with E-state index in [-0.39, 0.29) is 0 Å². The summed E-state index contributed by atoms with van der Waals surface area (Å²) in [5.41, 5.74) is 2.45. The number of para-hydroxylation sites is 1. The van der Waals surface area contributed by atoms with Crippen molar-refractivity contribution in [3.8, 4) is 11.5 Å². The van der Waals surface area contributed by atoms with Crippen LogP contribution in [0.4, 0.5) is 5.82 Å². The fourth-order valence-electron chi connectivity index (χ4n) is 1.15. The van der Waals surface area contributed by atoms with Crippen molar-refractivity contribution in [2.24, 2.45) is 5.84 Å². The van der Waals surface area contributed by atoms with E-state index in [1.54, 1.807) is 18.3 Å². The van der Waals surface area contributed by atoms with Gasteiger partial charge in [0.15, 0.2) is 0 Å². The molecule has 76 valence electrons. The van der Waals surface area contributed by atoms with E-state index in [1.807, 2.05) is 30.3 Å². The van der Waals surface area contributed by atoms with E-state index in [9.17, 15) is 0 Å². The van der Waals surface area contributed by atoms with Gasteiger partial charge in [-0.15, -0.1) is 0 Å². The number of aromatic nitrogens is 1. The van der Waals surface area contributed by atoms with Crippen LogP contribution in [0.5, 0.6) is 11.5 Å². The first-order chi connectivity index (χ1) is 7.38. The molecule has 0 spiro atoms. The molecular formula is C11H11N3O. The van der Waals surface area contributed by atoms with Crippen molar-refractivity contribution in [1.82, 2.24) is 4.98 Å². The summed E-state index contributed by atoms with van der Waals surface area (Å²) in [7, 11) is 0. The van der Waals surface area contributed by atoms with Gasteiger partial charge in [-0.05, 0) is 24.3 Å². The Balaban J connectivity index is 2.11. The Kier molecular flexibility index (Phi) is 2.80. The number of hydrazine groups is 1. The van der Waals surface area contributed by atoms with Gasteiger partial charge in [-0.2, -0.15) is 0 Å². The van der Waals surface area contributed by atoms with E-state index in [2.05, 4.69) is 10.4 Å². The van der Waals surface area contributed by atoms with Crippen LogP contribution in [0, 0.1) is 0 Å². The van der Waals surface area contributed by atoms with Crippen LogP contribution in [-0.2, 0) is 0 Å². The Labute approximate surface area is 87.7 Å². The number of hydrogen-bond acceptors (Lipinski definition) is 4. The normalized spacial score (nSPS) is 9.67. The maximum absolute atomic E-state index is 5.55. The minimum absolute atomic E-state index is 0.607. The van der Waals surface area contributed by atoms with E-state index in [1.165, 1.54) is 0 Å². The summed E-state index contributed by atoms with van der Waals surface area (Å²) in [4.78, 5) is 4.03. The fourth-order valence-corrected chi connectivity index (χ4v) is 1.15. The zero-order valence-electron chi connectivity index (χ0n) is 8.05. The number of ether oxygens (including phenoxy) is 1. The minimum Gasteiger partial charge on any atom is -0.456 e. The first-order valence-corrected chi connectivity index (χ1v) is 4.54. The molecule has 4 nitrogen and oxygen atoms in total. The Hall–Kier alpha value is -2.07. The van der Waals surface area contributed by atoms with Gasteiger partial charge in [-0.25, -0.2) is 10.8 Å². The zero-order chi connectivity index (χ0) is 10.5. The molecule has 0 unspecified atom stereocenters. The van der Waals surface area contributed by atoms with Gasteiger partial charge in [-0.1, -0.05) is 18.2 Å². The summed E-state index contributed by atoms with van der Waals surface area (Å²) in [6.07, 6.45) is 1.61. The first-order valence-electron chi connectivity index (χ1n) is 4.54. The average Bonchev–Trinajstić information content (AvgIpc) is 2.31. The third-order valence-electron chi connectivity index (χ3n) is 1.86. The lowest BCUT2D eigenvalue weighted by atomic mass is 10.3. The molecule has 15 heavy (non-hydrogen) atoms. The number of rotatable bonds is 3. The quantitative estimate of drug-likeness (QED) is 0.590. The number of hydrogen-bond donors (Lipinski definition) is 2. The van der Waals surface area contributed by atoms with Crippen LogP contribution < -0.4 is 16.0 Å². The van der Waals surface area contributed by atoms with Crippen molar-refractivity contribution in [3.05, 3.63) is 48.7 Å². The highest BCUT2D eigenvalue weighted by molar-refractivity contribution is 5.37. The van der Waals surface area contributed by atoms with Gasteiger partial charge >= 0.3 is 0 Å². The molecular weight excluding hydrogens is 190 g/mol. The van der Waals surface area contributed by atoms with Crippen LogP contribution in [0.1, 0.15) is 0 Å². The van der Waals surface area contributed by atoms with Gasteiger partial charge in [-0.3, -0.25) is 0 Å². The number of nitrogens with two attached hydrogens (primary N) is 1. The van der Waals surface area contributed by atoms with Gasteiger partial charge < -0.3 is 10.2 Å². The second-order valence-electron chi connectivity index (χ2n) is 2.94. The van der Waals surface area contributed by atoms with Crippen molar-refractivity contribution in [2.45, 2.75) is 0 Å². The summed E-state index contributed by atoms with van der Waals surface area (Å²) < 4.78 is 5.55. The molecule has 1 aromatic heterocycles. The molecule has 4 heteroatoms. The van der Waals surface area contributed by atoms with Crippen LogP contribution in [0.2, 0.25) is 0 Å². The monoisotopic (exact) mass is 201 g/mol. The van der Waals surface area contributed by atoms with E-state index < -0.39 is 0 Å². The first kappa shape index (κ1) is 9.48. The van der Waals surface area contributed by atoms with E-state index in [4.69, 9.17) is 10.6 Å². The van der Waals surface area contributed by atoms with Crippen molar-refractivity contribution in [1.29, 1.82) is 0 Å². The number of benzene rings is 1. The Morgan fingerprint density at radius 3 is 2.40 bits per heavy atom. The molecule has 0 aliphatic carbocycles. The third kappa shape index (κ3) is 2.45. The second kappa shape index (κ2) is 4.43. The lowest BCUT2D eigenvalue weighted by molar-refractivity contribution is 0.480. The van der Waals surface area contributed by atoms with Crippen LogP contribution >= 0.6 is 0 Å². The van der Waals surface area contributed by atoms with E-state index in [0.717, 1.165) is 5.75 Å². The summed E-state index contributed by atoms with van der Waals surface area (Å²) in [5, 5.41) is 0. The molecule has 0 radical (unpaired) electrons. The van der Waals surface area contributed by atoms with Gasteiger partial charge in [0.2, 0.25) is 0 Å². The molecule has 1 aromatic carbocycles. The molecule has 2 aromatic rings. The molecule has 0 bridgehead atoms. The van der Waals surface area contributed by atoms with Gasteiger partial charge in [0.1, 0.15) is 17.3 Å². The number of pyridine rings is 1. The lowest BCUT2D eigenvalue weighted by Gasteiger charge is -2.05. The van der Waals surface area contributed by atoms with Crippen molar-refractivity contribution in [3.63, 3.8) is 0 Å². The molecule has 3 N–H and O–H groups in total. The second-order valence-corrected chi connectivity index (χ2v) is 2.94. The fraction of sp³-hybridized carbons (Fsp3) is 0. The van der Waals surface area contributed by atoms with Crippen LogP contribution in [0.3, 0.4) is 0 Å². The molecule has 0 aliphatic heterocycles. The summed E-state index contributed by atoms with van der Waals surface area (Å²) in [6, 6.07) is 13.1. The van der Waals surface area contributed by atoms with E-state index in [0.29, 0.717) is 11.6 Å². The average molecular weight is 201 g/mol. The summed E-state index contributed by atoms with van der Waals surface area (Å²) in [6.45, 7) is 0. The van der Waals surface area contributed by atoms with Gasteiger partial charge in [0.25, 0.3) is 0 Å². The van der Waals surface area contributed by atoms with Crippen molar-refractivity contribution in [2.75, 3.05) is 5.43 Å². The Morgan fingerprint density at radius 1 is 1.00 bits per heavy atom. The lowest BCUT2D eigenvalue weighted by Crippen LogP contribution is -2.07. The number of nitrogen functional groups attached to an aromatic ring is 1. The van der Waals surface area contributed by atoms with E-state index >= 15 is 0 Å². The molecule has 0 fully saturated rings. The van der Waals surface area contributed by atoms with Crippen LogP contribution in [-0.4, -0.2) is 4.98 Å². The number of nitrogens with zero attached hydrogens (tertiary/aromatic N) is 1. The predicted molar refractivity (Wildman–Crippen MR) is 58.6 cm³/mol. The van der Waals surface area contributed by atoms with Crippen molar-refractivity contribution < 1.29 is 4.74 Å². The van der Waals surface area contributed by atoms with Crippen LogP contribution in [0.25, 0.3) is 0 Å². The standard InChI is InChI=1S/C11H11N3O/c12-14-11-7-6-10(8-13-11)15-9-4-2-1-3-5-9/h1-8H,12H2,(H,13,14). The van der Waals surface area contributed by atoms with Gasteiger partial charge in [0.05, 0.1) is 6.20 Å². The highest BCUT2D eigenvalue weighted by Crippen LogP contribution is 2.20. The van der Waals surface area contributed by atoms with Gasteiger partial charge in [0, 0.05) is 0 Å². The summed E-state index contributed by atoms with van der Waals surface area (Å²) >= 11 is 0. The highest BCUT2D eigenvalue weighted by Gasteiger charge is 1.96. The zero-order valence-corrected chi connectivity index (χ0v) is 8.05. The third-order valence-corrected chi connectivity index (χ3v) is 1.86. The Bertz CT molecular complexity index is 414. The molecule has 0 saturated carbocycles. The highest BCUT2D eigenvalue weighted by atomic mass is 16.5. The molecule has 1 heterocycles. The molecule has 2 rings (SSSR count). The topological polar surface area (TPSA) is 60.2 Å². The molecule has 0 amide bonds. The maximum atomic E-state index is 5.55. The number of anilines is 1. The SMILES string of the molecule is NNc1ccc(Oc2ccccc2)cn1. The summed E-state index contributed by atoms with van der Waals surface area (Å²) in [5.74, 6) is 7.27. The van der Waals surface area contributed by atoms with Crippen LogP contribution in [0.15, 0.2) is 48.7 Å². The van der Waals surface area contributed by atoms with Crippen molar-refractivity contribution >= 4 is 5.82 Å².